The molecule has 2 aromatic carbocycles. The average molecular weight is 1050 g/mol. The molecule has 2 aliphatic rings. The third-order valence-corrected chi connectivity index (χ3v) is 15.7. The lowest BCUT2D eigenvalue weighted by molar-refractivity contribution is -0.112. The van der Waals surface area contributed by atoms with Gasteiger partial charge in [0, 0.05) is 57.4 Å². The van der Waals surface area contributed by atoms with Crippen LogP contribution in [0, 0.1) is 11.6 Å². The molecule has 0 fully saturated rings. The summed E-state index contributed by atoms with van der Waals surface area (Å²) in [7, 11) is 0. The van der Waals surface area contributed by atoms with Crippen molar-refractivity contribution in [3.05, 3.63) is 81.6 Å². The summed E-state index contributed by atoms with van der Waals surface area (Å²) in [6.07, 6.45) is 2.06. The van der Waals surface area contributed by atoms with E-state index >= 15 is 0 Å². The molecule has 2 aliphatic heterocycles. The summed E-state index contributed by atoms with van der Waals surface area (Å²) in [5, 5.41) is 5.37. The van der Waals surface area contributed by atoms with Crippen molar-refractivity contribution in [2.24, 2.45) is 0 Å². The normalized spacial score (nSPS) is 17.9. The molecule has 4 atom stereocenters. The second-order valence-corrected chi connectivity index (χ2v) is 23.3. The third kappa shape index (κ3) is 12.0. The number of carbonyl (C=O) groups is 4. The molecule has 0 saturated carbocycles. The summed E-state index contributed by atoms with van der Waals surface area (Å²) in [6.45, 7) is 22.7. The van der Waals surface area contributed by atoms with Crippen LogP contribution in [0.1, 0.15) is 109 Å². The molecule has 0 spiro atoms. The number of hydrogen-bond acceptors (Lipinski definition) is 13. The topological polar surface area (TPSA) is 157 Å². The fourth-order valence-corrected chi connectivity index (χ4v) is 13.0. The zero-order valence-corrected chi connectivity index (χ0v) is 44.1. The fraction of sp³-hybridized carbons (Fsp3) is 0.417. The van der Waals surface area contributed by atoms with Crippen LogP contribution in [-0.4, -0.2) is 72.3 Å². The second kappa shape index (κ2) is 21.1. The molecule has 4 aromatic heterocycles. The number of nitrogen functional groups attached to an aromatic ring is 1. The molecule has 0 bridgehead atoms. The molecule has 3 N–H and O–H groups in total. The van der Waals surface area contributed by atoms with Crippen molar-refractivity contribution in [3.63, 3.8) is 0 Å². The number of nitrogens with one attached hydrogen (secondary N) is 1. The lowest BCUT2D eigenvalue weighted by Gasteiger charge is -2.39. The number of ether oxygens (including phenoxy) is 2. The SMILES string of the molecule is C=CC(=O)Nc1sc2c(c1-c1nc3cc(F)ccc3s1)CC(C)N(C(=O)OC(C)(C)C)C2C.CC1Cc2c(sc(N)c2-c2nc3cc(F)ccc3s2)C(C)N1C(=O)OC(C)(C)C.O=C(Cl)CCCl. The van der Waals surface area contributed by atoms with Gasteiger partial charge in [-0.05, 0) is 135 Å². The monoisotopic (exact) mass is 1050 g/mol. The van der Waals surface area contributed by atoms with Gasteiger partial charge in [0.25, 0.3) is 0 Å². The summed E-state index contributed by atoms with van der Waals surface area (Å²) in [4.78, 5) is 62.6. The molecule has 12 nitrogen and oxygen atoms in total. The van der Waals surface area contributed by atoms with E-state index in [1.54, 1.807) is 21.9 Å². The van der Waals surface area contributed by atoms with Gasteiger partial charge in [-0.15, -0.1) is 56.9 Å². The van der Waals surface area contributed by atoms with Crippen LogP contribution in [-0.2, 0) is 31.9 Å². The molecule has 8 rings (SSSR count). The van der Waals surface area contributed by atoms with E-state index in [4.69, 9.17) is 38.4 Å². The van der Waals surface area contributed by atoms with Gasteiger partial charge in [-0.1, -0.05) is 6.58 Å². The van der Waals surface area contributed by atoms with Crippen molar-refractivity contribution in [1.29, 1.82) is 0 Å². The minimum Gasteiger partial charge on any atom is -0.444 e. The first kappa shape index (κ1) is 52.6. The number of carbonyl (C=O) groups excluding carboxylic acids is 4. The number of anilines is 2. The number of aromatic nitrogens is 2. The third-order valence-electron chi connectivity index (χ3n) is 10.7. The maximum absolute atomic E-state index is 13.7. The van der Waals surface area contributed by atoms with Crippen LogP contribution in [0.2, 0.25) is 0 Å². The van der Waals surface area contributed by atoms with Crippen LogP contribution in [0.4, 0.5) is 28.4 Å². The Morgan fingerprint density at radius 2 is 1.22 bits per heavy atom. The van der Waals surface area contributed by atoms with Crippen molar-refractivity contribution in [3.8, 4) is 21.1 Å². The Kier molecular flexibility index (Phi) is 16.3. The number of hydrogen-bond donors (Lipinski definition) is 2. The van der Waals surface area contributed by atoms with Gasteiger partial charge in [0.15, 0.2) is 0 Å². The predicted molar refractivity (Wildman–Crippen MR) is 275 cm³/mol. The van der Waals surface area contributed by atoms with Gasteiger partial charge in [-0.25, -0.2) is 28.3 Å². The van der Waals surface area contributed by atoms with E-state index in [0.29, 0.717) is 44.8 Å². The Balaban J connectivity index is 0.000000201. The number of rotatable bonds is 6. The molecule has 6 heterocycles. The van der Waals surface area contributed by atoms with Crippen molar-refractivity contribution >= 4 is 122 Å². The van der Waals surface area contributed by atoms with E-state index in [2.05, 4.69) is 21.9 Å². The molecular formula is C48H54Cl2F2N6O6S4. The molecule has 68 heavy (non-hydrogen) atoms. The molecule has 20 heteroatoms. The highest BCUT2D eigenvalue weighted by molar-refractivity contribution is 7.23. The van der Waals surface area contributed by atoms with Crippen LogP contribution in [0.15, 0.2) is 49.1 Å². The lowest BCUT2D eigenvalue weighted by atomic mass is 9.93. The Labute approximate surface area is 420 Å². The Morgan fingerprint density at radius 1 is 0.779 bits per heavy atom. The van der Waals surface area contributed by atoms with Gasteiger partial charge in [0.2, 0.25) is 11.1 Å². The van der Waals surface area contributed by atoms with Gasteiger partial charge in [0.1, 0.15) is 37.9 Å². The highest BCUT2D eigenvalue weighted by Crippen LogP contribution is 2.51. The summed E-state index contributed by atoms with van der Waals surface area (Å²) in [5.74, 6) is -0.652. The first-order valence-electron chi connectivity index (χ1n) is 21.7. The maximum Gasteiger partial charge on any atom is 0.411 e. The second-order valence-electron chi connectivity index (χ2n) is 18.3. The first-order chi connectivity index (χ1) is 31.8. The molecule has 0 aliphatic carbocycles. The molecule has 364 valence electrons. The van der Waals surface area contributed by atoms with E-state index in [9.17, 15) is 28.0 Å². The molecule has 0 saturated heterocycles. The number of halogens is 4. The molecular weight excluding hydrogens is 994 g/mol. The Morgan fingerprint density at radius 3 is 1.63 bits per heavy atom. The van der Waals surface area contributed by atoms with Crippen molar-refractivity contribution in [1.82, 2.24) is 19.8 Å². The molecule has 4 unspecified atom stereocenters. The Bertz CT molecular complexity index is 2880. The lowest BCUT2D eigenvalue weighted by Crippen LogP contribution is -2.46. The summed E-state index contributed by atoms with van der Waals surface area (Å²) in [6, 6.07) is 8.62. The van der Waals surface area contributed by atoms with Crippen molar-refractivity contribution < 1.29 is 37.4 Å². The number of fused-ring (bicyclic) bond motifs is 4. The zero-order chi connectivity index (χ0) is 50.2. The molecule has 6 aromatic rings. The molecule has 3 amide bonds. The fourth-order valence-electron chi connectivity index (χ4n) is 7.98. The highest BCUT2D eigenvalue weighted by Gasteiger charge is 2.41. The zero-order valence-electron chi connectivity index (χ0n) is 39.3. The number of nitrogens with two attached hydrogens (primary N) is 1. The van der Waals surface area contributed by atoms with Crippen LogP contribution in [0.3, 0.4) is 0 Å². The van der Waals surface area contributed by atoms with E-state index < -0.39 is 11.2 Å². The minimum absolute atomic E-state index is 0.0353. The van der Waals surface area contributed by atoms with E-state index in [0.717, 1.165) is 46.4 Å². The largest absolute Gasteiger partial charge is 0.444 e. The van der Waals surface area contributed by atoms with Crippen molar-refractivity contribution in [2.75, 3.05) is 16.9 Å². The predicted octanol–water partition coefficient (Wildman–Crippen LogP) is 13.9. The number of amides is 3. The van der Waals surface area contributed by atoms with Gasteiger partial charge < -0.3 is 20.5 Å². The van der Waals surface area contributed by atoms with Crippen LogP contribution in [0.25, 0.3) is 41.6 Å². The number of thiazole rings is 2. The van der Waals surface area contributed by atoms with E-state index in [1.165, 1.54) is 75.7 Å². The number of nitrogens with zero attached hydrogens (tertiary/aromatic N) is 4. The van der Waals surface area contributed by atoms with Gasteiger partial charge in [-0.2, -0.15) is 0 Å². The smallest absolute Gasteiger partial charge is 0.411 e. The average Bonchev–Trinajstić information content (AvgIpc) is 3.99. The molecule has 0 radical (unpaired) electrons. The minimum atomic E-state index is -0.600. The number of benzene rings is 2. The van der Waals surface area contributed by atoms with E-state index in [1.807, 2.05) is 69.2 Å². The summed E-state index contributed by atoms with van der Waals surface area (Å²) in [5.41, 5.74) is 10.4. The van der Waals surface area contributed by atoms with Crippen LogP contribution >= 0.6 is 68.5 Å². The summed E-state index contributed by atoms with van der Waals surface area (Å²) < 4.78 is 40.4. The maximum atomic E-state index is 13.7. The van der Waals surface area contributed by atoms with Crippen molar-refractivity contribution in [2.45, 2.75) is 124 Å². The Hall–Kier alpha value is -4.72. The van der Waals surface area contributed by atoms with Crippen LogP contribution in [0.5, 0.6) is 0 Å². The number of thiophene rings is 2. The highest BCUT2D eigenvalue weighted by atomic mass is 35.5. The van der Waals surface area contributed by atoms with E-state index in [-0.39, 0.29) is 65.6 Å². The van der Waals surface area contributed by atoms with Gasteiger partial charge >= 0.3 is 12.2 Å². The van der Waals surface area contributed by atoms with Crippen LogP contribution < -0.4 is 11.1 Å². The summed E-state index contributed by atoms with van der Waals surface area (Å²) >= 11 is 15.8. The number of alkyl halides is 1. The van der Waals surface area contributed by atoms with Gasteiger partial charge in [0.05, 0.1) is 37.5 Å². The first-order valence-corrected chi connectivity index (χ1v) is 25.9. The quantitative estimate of drug-likeness (QED) is 0.0941. The standard InChI is InChI=1S/C24H26FN3O3S2.C21H24FN3O2S2.C3H4Cl2O/c1-7-18(29)27-22-19(21-26-16-11-14(25)8-9-17(16)32-21)15-10-12(2)28(13(3)20(15)33-22)23(30)31-24(4,5)6;1-10-8-13-16(19-24-14-9-12(22)6-7-15(14)28-19)18(23)29-17(13)11(2)25(10)20(26)27-21(3,4)5;4-2-1-3(5)6/h7-9,11-13H,1,10H2,2-6H3,(H,27,29);6-7,9-11H,8,23H2,1-5H3;1-2H2. The van der Waals surface area contributed by atoms with Gasteiger partial charge in [-0.3, -0.25) is 19.4 Å².